The van der Waals surface area contributed by atoms with Crippen molar-refractivity contribution in [3.8, 4) is 11.1 Å². The highest BCUT2D eigenvalue weighted by molar-refractivity contribution is 6.36. The molecule has 0 unspecified atom stereocenters. The van der Waals surface area contributed by atoms with Gasteiger partial charge in [0.25, 0.3) is 0 Å². The molecule has 0 aliphatic carbocycles. The average Bonchev–Trinajstić information content (AvgIpc) is 2.51. The summed E-state index contributed by atoms with van der Waals surface area (Å²) in [6, 6.07) is 14.9. The second kappa shape index (κ2) is 6.79. The standard InChI is InChI=1S/C18H13Cl3N2/c19-13-4-1-3-11(9-13)17-12(7-8-23-18(17)22)10-14-15(20)5-2-6-16(14)21/h1-9H,10H2,(H2,22,23). The number of aromatic nitrogens is 1. The molecule has 0 fully saturated rings. The lowest BCUT2D eigenvalue weighted by Crippen LogP contribution is -2.00. The van der Waals surface area contributed by atoms with Crippen LogP contribution in [0.15, 0.2) is 54.7 Å². The average molecular weight is 364 g/mol. The van der Waals surface area contributed by atoms with Gasteiger partial charge in [0.2, 0.25) is 0 Å². The van der Waals surface area contributed by atoms with Crippen molar-refractivity contribution in [2.75, 3.05) is 5.73 Å². The van der Waals surface area contributed by atoms with E-state index in [0.29, 0.717) is 27.3 Å². The Labute approximate surface area is 149 Å². The SMILES string of the molecule is Nc1nccc(Cc2c(Cl)cccc2Cl)c1-c1cccc(Cl)c1. The smallest absolute Gasteiger partial charge is 0.131 e. The topological polar surface area (TPSA) is 38.9 Å². The quantitative estimate of drug-likeness (QED) is 0.631. The second-order valence-corrected chi connectivity index (χ2v) is 6.37. The number of hydrogen-bond acceptors (Lipinski definition) is 2. The number of rotatable bonds is 3. The number of hydrogen-bond donors (Lipinski definition) is 1. The molecule has 0 amide bonds. The summed E-state index contributed by atoms with van der Waals surface area (Å²) >= 11 is 18.7. The molecule has 0 spiro atoms. The van der Waals surface area contributed by atoms with Crippen LogP contribution in [-0.2, 0) is 6.42 Å². The van der Waals surface area contributed by atoms with Crippen molar-refractivity contribution in [1.29, 1.82) is 0 Å². The van der Waals surface area contributed by atoms with E-state index in [1.165, 1.54) is 0 Å². The minimum absolute atomic E-state index is 0.452. The lowest BCUT2D eigenvalue weighted by molar-refractivity contribution is 1.17. The molecular weight excluding hydrogens is 351 g/mol. The van der Waals surface area contributed by atoms with E-state index in [1.54, 1.807) is 6.20 Å². The molecule has 5 heteroatoms. The summed E-state index contributed by atoms with van der Waals surface area (Å²) in [4.78, 5) is 4.20. The van der Waals surface area contributed by atoms with Gasteiger partial charge in [-0.1, -0.05) is 53.0 Å². The molecule has 3 rings (SSSR count). The molecule has 2 aromatic carbocycles. The molecule has 116 valence electrons. The number of benzene rings is 2. The van der Waals surface area contributed by atoms with E-state index in [1.807, 2.05) is 48.5 Å². The Bertz CT molecular complexity index is 842. The van der Waals surface area contributed by atoms with Gasteiger partial charge in [0.15, 0.2) is 0 Å². The third-order valence-corrected chi connectivity index (χ3v) is 4.55. The molecule has 0 aliphatic rings. The molecular formula is C18H13Cl3N2. The van der Waals surface area contributed by atoms with Gasteiger partial charge in [-0.3, -0.25) is 0 Å². The van der Waals surface area contributed by atoms with Gasteiger partial charge in [0.05, 0.1) is 0 Å². The van der Waals surface area contributed by atoms with Crippen molar-refractivity contribution >= 4 is 40.6 Å². The number of pyridine rings is 1. The lowest BCUT2D eigenvalue weighted by Gasteiger charge is -2.14. The number of anilines is 1. The molecule has 1 aromatic heterocycles. The first kappa shape index (κ1) is 16.1. The van der Waals surface area contributed by atoms with E-state index < -0.39 is 0 Å². The third-order valence-electron chi connectivity index (χ3n) is 3.61. The molecule has 2 N–H and O–H groups in total. The Morgan fingerprint density at radius 1 is 0.913 bits per heavy atom. The zero-order chi connectivity index (χ0) is 16.4. The maximum atomic E-state index is 6.29. The Kier molecular flexibility index (Phi) is 4.76. The summed E-state index contributed by atoms with van der Waals surface area (Å²) in [7, 11) is 0. The molecule has 0 aliphatic heterocycles. The second-order valence-electron chi connectivity index (χ2n) is 5.12. The summed E-state index contributed by atoms with van der Waals surface area (Å²) in [5.74, 6) is 0.452. The van der Waals surface area contributed by atoms with Gasteiger partial charge in [-0.05, 0) is 47.0 Å². The zero-order valence-electron chi connectivity index (χ0n) is 12.1. The third kappa shape index (κ3) is 3.45. The van der Waals surface area contributed by atoms with Gasteiger partial charge < -0.3 is 5.73 Å². The predicted molar refractivity (Wildman–Crippen MR) is 98.4 cm³/mol. The van der Waals surface area contributed by atoms with Crippen LogP contribution in [0.4, 0.5) is 5.82 Å². The van der Waals surface area contributed by atoms with Crippen molar-refractivity contribution in [3.05, 3.63) is 80.9 Å². The van der Waals surface area contributed by atoms with Crippen LogP contribution in [0.2, 0.25) is 15.1 Å². The van der Waals surface area contributed by atoms with Crippen molar-refractivity contribution < 1.29 is 0 Å². The van der Waals surface area contributed by atoms with Gasteiger partial charge in [-0.25, -0.2) is 4.98 Å². The maximum Gasteiger partial charge on any atom is 0.131 e. The van der Waals surface area contributed by atoms with Crippen LogP contribution in [0.1, 0.15) is 11.1 Å². The molecule has 0 bridgehead atoms. The van der Waals surface area contributed by atoms with E-state index in [-0.39, 0.29) is 0 Å². The fourth-order valence-electron chi connectivity index (χ4n) is 2.54. The fourth-order valence-corrected chi connectivity index (χ4v) is 3.26. The minimum atomic E-state index is 0.452. The van der Waals surface area contributed by atoms with Gasteiger partial charge in [0, 0.05) is 33.2 Å². The largest absolute Gasteiger partial charge is 0.383 e. The van der Waals surface area contributed by atoms with Gasteiger partial charge in [-0.2, -0.15) is 0 Å². The Morgan fingerprint density at radius 3 is 2.30 bits per heavy atom. The van der Waals surface area contributed by atoms with Gasteiger partial charge in [-0.15, -0.1) is 0 Å². The first-order valence-corrected chi connectivity index (χ1v) is 8.12. The van der Waals surface area contributed by atoms with Crippen LogP contribution in [0.25, 0.3) is 11.1 Å². The highest BCUT2D eigenvalue weighted by Crippen LogP contribution is 2.34. The summed E-state index contributed by atoms with van der Waals surface area (Å²) in [6.07, 6.45) is 2.25. The van der Waals surface area contributed by atoms with Gasteiger partial charge >= 0.3 is 0 Å². The predicted octanol–water partition coefficient (Wildman–Crippen LogP) is 5.88. The zero-order valence-corrected chi connectivity index (χ0v) is 14.3. The molecule has 1 heterocycles. The number of nitrogen functional groups attached to an aromatic ring is 1. The fraction of sp³-hybridized carbons (Fsp3) is 0.0556. The molecule has 0 atom stereocenters. The molecule has 0 saturated heterocycles. The molecule has 23 heavy (non-hydrogen) atoms. The maximum absolute atomic E-state index is 6.29. The van der Waals surface area contributed by atoms with E-state index in [4.69, 9.17) is 40.5 Å². The van der Waals surface area contributed by atoms with Crippen LogP contribution in [0.3, 0.4) is 0 Å². The summed E-state index contributed by atoms with van der Waals surface area (Å²) in [5.41, 5.74) is 9.74. The monoisotopic (exact) mass is 362 g/mol. The molecule has 2 nitrogen and oxygen atoms in total. The first-order valence-electron chi connectivity index (χ1n) is 6.98. The van der Waals surface area contributed by atoms with Crippen molar-refractivity contribution in [2.45, 2.75) is 6.42 Å². The minimum Gasteiger partial charge on any atom is -0.383 e. The molecule has 0 radical (unpaired) electrons. The van der Waals surface area contributed by atoms with Crippen LogP contribution in [-0.4, -0.2) is 4.98 Å². The van der Waals surface area contributed by atoms with E-state index >= 15 is 0 Å². The Balaban J connectivity index is 2.12. The van der Waals surface area contributed by atoms with Crippen LogP contribution in [0, 0.1) is 0 Å². The summed E-state index contributed by atoms with van der Waals surface area (Å²) < 4.78 is 0. The van der Waals surface area contributed by atoms with Crippen molar-refractivity contribution in [3.63, 3.8) is 0 Å². The van der Waals surface area contributed by atoms with Crippen LogP contribution < -0.4 is 5.73 Å². The number of nitrogens with two attached hydrogens (primary N) is 1. The van der Waals surface area contributed by atoms with E-state index in [0.717, 1.165) is 22.3 Å². The van der Waals surface area contributed by atoms with E-state index in [9.17, 15) is 0 Å². The highest BCUT2D eigenvalue weighted by Gasteiger charge is 2.14. The number of halogens is 3. The number of nitrogens with zero attached hydrogens (tertiary/aromatic N) is 1. The van der Waals surface area contributed by atoms with Crippen molar-refractivity contribution in [1.82, 2.24) is 4.98 Å². The summed E-state index contributed by atoms with van der Waals surface area (Å²) in [6.45, 7) is 0. The van der Waals surface area contributed by atoms with E-state index in [2.05, 4.69) is 4.98 Å². The van der Waals surface area contributed by atoms with Gasteiger partial charge in [0.1, 0.15) is 5.82 Å². The molecule has 0 saturated carbocycles. The van der Waals surface area contributed by atoms with Crippen molar-refractivity contribution in [2.24, 2.45) is 0 Å². The normalized spacial score (nSPS) is 10.7. The van der Waals surface area contributed by atoms with Crippen LogP contribution >= 0.6 is 34.8 Å². The highest BCUT2D eigenvalue weighted by atomic mass is 35.5. The molecule has 3 aromatic rings. The lowest BCUT2D eigenvalue weighted by atomic mass is 9.96. The summed E-state index contributed by atoms with van der Waals surface area (Å²) in [5, 5.41) is 1.90. The first-order chi connectivity index (χ1) is 11.1. The Morgan fingerprint density at radius 2 is 1.61 bits per heavy atom. The Hall–Kier alpha value is -1.74. The van der Waals surface area contributed by atoms with Crippen LogP contribution in [0.5, 0.6) is 0 Å².